The summed E-state index contributed by atoms with van der Waals surface area (Å²) in [6.45, 7) is 11.6. The summed E-state index contributed by atoms with van der Waals surface area (Å²) in [6.07, 6.45) is 0.712. The zero-order valence-electron chi connectivity index (χ0n) is 11.7. The van der Waals surface area contributed by atoms with E-state index in [4.69, 9.17) is 0 Å². The molecule has 1 N–H and O–H groups in total. The van der Waals surface area contributed by atoms with Crippen molar-refractivity contribution >= 4 is 9.84 Å². The van der Waals surface area contributed by atoms with Gasteiger partial charge in [0.05, 0.1) is 5.75 Å². The van der Waals surface area contributed by atoms with Gasteiger partial charge in [-0.3, -0.25) is 0 Å². The van der Waals surface area contributed by atoms with E-state index in [1.165, 1.54) is 0 Å². The lowest BCUT2D eigenvalue weighted by atomic mass is 10.4. The molecule has 0 amide bonds. The van der Waals surface area contributed by atoms with Crippen molar-refractivity contribution in [1.82, 2.24) is 10.2 Å². The summed E-state index contributed by atoms with van der Waals surface area (Å²) >= 11 is 0. The van der Waals surface area contributed by atoms with E-state index in [0.717, 1.165) is 19.6 Å². The van der Waals surface area contributed by atoms with Gasteiger partial charge in [0, 0.05) is 31.4 Å². The SMILES string of the molecule is CCCS(=O)(=O)CCN(CC)CCNC(C)C. The molecule has 0 bridgehead atoms. The standard InChI is InChI=1S/C12H28N2O2S/c1-5-10-17(15,16)11-9-14(6-2)8-7-13-12(3)4/h12-13H,5-11H2,1-4H3. The Kier molecular flexibility index (Phi) is 8.82. The number of nitrogens with zero attached hydrogens (tertiary/aromatic N) is 1. The van der Waals surface area contributed by atoms with Crippen LogP contribution in [-0.4, -0.2) is 57.0 Å². The number of hydrogen-bond acceptors (Lipinski definition) is 4. The van der Waals surface area contributed by atoms with Crippen LogP contribution in [0, 0.1) is 0 Å². The molecule has 17 heavy (non-hydrogen) atoms. The number of hydrogen-bond donors (Lipinski definition) is 1. The molecule has 0 saturated heterocycles. The highest BCUT2D eigenvalue weighted by atomic mass is 32.2. The lowest BCUT2D eigenvalue weighted by Crippen LogP contribution is -2.37. The van der Waals surface area contributed by atoms with Crippen molar-refractivity contribution in [3.63, 3.8) is 0 Å². The van der Waals surface area contributed by atoms with Crippen LogP contribution in [0.15, 0.2) is 0 Å². The number of likely N-dealkylation sites (N-methyl/N-ethyl adjacent to an activating group) is 1. The molecule has 0 aromatic heterocycles. The van der Waals surface area contributed by atoms with Crippen molar-refractivity contribution in [2.45, 2.75) is 40.2 Å². The van der Waals surface area contributed by atoms with Crippen LogP contribution in [0.2, 0.25) is 0 Å². The Morgan fingerprint density at radius 1 is 1.12 bits per heavy atom. The molecule has 0 unspecified atom stereocenters. The van der Waals surface area contributed by atoms with E-state index < -0.39 is 9.84 Å². The van der Waals surface area contributed by atoms with Crippen molar-refractivity contribution in [2.24, 2.45) is 0 Å². The van der Waals surface area contributed by atoms with Crippen LogP contribution in [0.4, 0.5) is 0 Å². The second kappa shape index (κ2) is 8.89. The highest BCUT2D eigenvalue weighted by Gasteiger charge is 2.11. The predicted molar refractivity (Wildman–Crippen MR) is 74.2 cm³/mol. The lowest BCUT2D eigenvalue weighted by molar-refractivity contribution is 0.299. The highest BCUT2D eigenvalue weighted by Crippen LogP contribution is 1.96. The number of sulfone groups is 1. The maximum absolute atomic E-state index is 11.6. The molecule has 4 nitrogen and oxygen atoms in total. The van der Waals surface area contributed by atoms with E-state index in [1.807, 2.05) is 6.92 Å². The molecule has 0 aliphatic rings. The molecule has 0 aromatic rings. The Balaban J connectivity index is 3.89. The molecule has 5 heteroatoms. The van der Waals surface area contributed by atoms with Gasteiger partial charge < -0.3 is 10.2 Å². The fourth-order valence-electron chi connectivity index (χ4n) is 1.62. The molecule has 0 saturated carbocycles. The van der Waals surface area contributed by atoms with E-state index in [9.17, 15) is 8.42 Å². The van der Waals surface area contributed by atoms with Gasteiger partial charge >= 0.3 is 0 Å². The Morgan fingerprint density at radius 2 is 1.76 bits per heavy atom. The van der Waals surface area contributed by atoms with Gasteiger partial charge in [0.1, 0.15) is 0 Å². The third-order valence-electron chi connectivity index (χ3n) is 2.66. The van der Waals surface area contributed by atoms with Gasteiger partial charge in [-0.15, -0.1) is 0 Å². The largest absolute Gasteiger partial charge is 0.313 e. The second-order valence-corrected chi connectivity index (χ2v) is 7.00. The third-order valence-corrected chi connectivity index (χ3v) is 4.50. The minimum Gasteiger partial charge on any atom is -0.313 e. The van der Waals surface area contributed by atoms with E-state index in [1.54, 1.807) is 0 Å². The zero-order chi connectivity index (χ0) is 13.3. The fraction of sp³-hybridized carbons (Fsp3) is 1.00. The summed E-state index contributed by atoms with van der Waals surface area (Å²) in [5, 5.41) is 3.34. The summed E-state index contributed by atoms with van der Waals surface area (Å²) in [5.41, 5.74) is 0. The normalized spacial score (nSPS) is 12.6. The van der Waals surface area contributed by atoms with Gasteiger partial charge in [0.2, 0.25) is 0 Å². The van der Waals surface area contributed by atoms with Gasteiger partial charge in [-0.05, 0) is 13.0 Å². The van der Waals surface area contributed by atoms with Crippen LogP contribution >= 0.6 is 0 Å². The minimum absolute atomic E-state index is 0.288. The fourth-order valence-corrected chi connectivity index (χ4v) is 2.98. The van der Waals surface area contributed by atoms with Crippen LogP contribution in [-0.2, 0) is 9.84 Å². The van der Waals surface area contributed by atoms with Gasteiger partial charge in [-0.1, -0.05) is 27.7 Å². The van der Waals surface area contributed by atoms with Crippen molar-refractivity contribution in [3.8, 4) is 0 Å². The Bertz CT molecular complexity index is 276. The quantitative estimate of drug-likeness (QED) is 0.643. The monoisotopic (exact) mass is 264 g/mol. The molecule has 104 valence electrons. The van der Waals surface area contributed by atoms with E-state index in [2.05, 4.69) is 31.0 Å². The van der Waals surface area contributed by atoms with Gasteiger partial charge in [0.15, 0.2) is 9.84 Å². The Hall–Kier alpha value is -0.130. The first kappa shape index (κ1) is 16.9. The highest BCUT2D eigenvalue weighted by molar-refractivity contribution is 7.91. The van der Waals surface area contributed by atoms with Crippen LogP contribution in [0.3, 0.4) is 0 Å². The van der Waals surface area contributed by atoms with E-state index >= 15 is 0 Å². The molecule has 0 fully saturated rings. The summed E-state index contributed by atoms with van der Waals surface area (Å²) in [5.74, 6) is 0.602. The molecule has 0 rings (SSSR count). The zero-order valence-corrected chi connectivity index (χ0v) is 12.5. The smallest absolute Gasteiger partial charge is 0.151 e. The summed E-state index contributed by atoms with van der Waals surface area (Å²) in [6, 6.07) is 0.484. The molecule has 0 atom stereocenters. The van der Waals surface area contributed by atoms with Gasteiger partial charge in [0.25, 0.3) is 0 Å². The molecule has 0 spiro atoms. The summed E-state index contributed by atoms with van der Waals surface area (Å²) in [7, 11) is -2.84. The van der Waals surface area contributed by atoms with Crippen LogP contribution in [0.5, 0.6) is 0 Å². The maximum atomic E-state index is 11.6. The van der Waals surface area contributed by atoms with Crippen molar-refractivity contribution in [3.05, 3.63) is 0 Å². The maximum Gasteiger partial charge on any atom is 0.151 e. The average Bonchev–Trinajstić information content (AvgIpc) is 2.22. The molecule has 0 aliphatic heterocycles. The van der Waals surface area contributed by atoms with Gasteiger partial charge in [-0.25, -0.2) is 8.42 Å². The van der Waals surface area contributed by atoms with Gasteiger partial charge in [-0.2, -0.15) is 0 Å². The van der Waals surface area contributed by atoms with E-state index in [0.29, 0.717) is 24.8 Å². The first-order valence-electron chi connectivity index (χ1n) is 6.57. The Morgan fingerprint density at radius 3 is 2.24 bits per heavy atom. The van der Waals surface area contributed by atoms with Crippen molar-refractivity contribution in [2.75, 3.05) is 37.7 Å². The van der Waals surface area contributed by atoms with Crippen LogP contribution in [0.25, 0.3) is 0 Å². The number of rotatable bonds is 10. The third kappa shape index (κ3) is 9.56. The molecule has 0 radical (unpaired) electrons. The summed E-state index contributed by atoms with van der Waals surface area (Å²) in [4.78, 5) is 2.18. The predicted octanol–water partition coefficient (Wildman–Crippen LogP) is 1.13. The molecule has 0 aromatic carbocycles. The molecular formula is C12H28N2O2S. The molecule has 0 heterocycles. The van der Waals surface area contributed by atoms with Crippen molar-refractivity contribution < 1.29 is 8.42 Å². The molecule has 0 aliphatic carbocycles. The first-order valence-corrected chi connectivity index (χ1v) is 8.39. The van der Waals surface area contributed by atoms with Crippen LogP contribution in [0.1, 0.15) is 34.1 Å². The average molecular weight is 264 g/mol. The second-order valence-electron chi connectivity index (χ2n) is 4.69. The van der Waals surface area contributed by atoms with E-state index in [-0.39, 0.29) is 5.75 Å². The lowest BCUT2D eigenvalue weighted by Gasteiger charge is -2.21. The topological polar surface area (TPSA) is 49.4 Å². The molecular weight excluding hydrogens is 236 g/mol. The first-order chi connectivity index (χ1) is 7.91. The summed E-state index contributed by atoms with van der Waals surface area (Å²) < 4.78 is 23.2. The van der Waals surface area contributed by atoms with Crippen molar-refractivity contribution in [1.29, 1.82) is 0 Å². The minimum atomic E-state index is -2.84. The number of nitrogens with one attached hydrogen (secondary N) is 1. The van der Waals surface area contributed by atoms with Crippen LogP contribution < -0.4 is 5.32 Å². The Labute approximate surface area is 107 Å².